The van der Waals surface area contributed by atoms with Crippen molar-refractivity contribution in [1.29, 1.82) is 5.26 Å². The quantitative estimate of drug-likeness (QED) is 0.644. The highest BCUT2D eigenvalue weighted by Gasteiger charge is 2.13. The highest BCUT2D eigenvalue weighted by molar-refractivity contribution is 6.02. The van der Waals surface area contributed by atoms with Crippen LogP contribution in [0.2, 0.25) is 0 Å². The molecular formula is C21H21N7O2. The SMILES string of the molecule is N#Cc1cnc(Nc2cc3cccc(NC(=O)CCN4CCOCC4)c3cn2)cn1. The number of morpholine rings is 1. The Bertz CT molecular complexity index is 1070. The third-order valence-electron chi connectivity index (χ3n) is 4.82. The van der Waals surface area contributed by atoms with E-state index in [1.54, 1.807) is 6.20 Å². The van der Waals surface area contributed by atoms with Gasteiger partial charge in [0, 0.05) is 37.6 Å². The number of aromatic nitrogens is 3. The number of pyridine rings is 1. The fraction of sp³-hybridized carbons (Fsp3) is 0.286. The average Bonchev–Trinajstić information content (AvgIpc) is 2.79. The normalized spacial score (nSPS) is 14.2. The molecule has 0 unspecified atom stereocenters. The van der Waals surface area contributed by atoms with Crippen molar-refractivity contribution in [3.63, 3.8) is 0 Å². The first-order chi connectivity index (χ1) is 14.7. The average molecular weight is 403 g/mol. The number of hydrogen-bond donors (Lipinski definition) is 2. The number of carbonyl (C=O) groups excluding carboxylic acids is 1. The predicted octanol–water partition coefficient (Wildman–Crippen LogP) is 2.30. The fourth-order valence-electron chi connectivity index (χ4n) is 3.23. The molecular weight excluding hydrogens is 382 g/mol. The third kappa shape index (κ3) is 4.86. The molecule has 4 rings (SSSR count). The Morgan fingerprint density at radius 2 is 1.97 bits per heavy atom. The van der Waals surface area contributed by atoms with Crippen LogP contribution in [0.4, 0.5) is 17.3 Å². The molecule has 3 aromatic rings. The highest BCUT2D eigenvalue weighted by atomic mass is 16.5. The fourth-order valence-corrected chi connectivity index (χ4v) is 3.23. The lowest BCUT2D eigenvalue weighted by Crippen LogP contribution is -2.38. The van der Waals surface area contributed by atoms with E-state index in [-0.39, 0.29) is 11.6 Å². The van der Waals surface area contributed by atoms with Crippen LogP contribution in [-0.4, -0.2) is 58.6 Å². The maximum atomic E-state index is 12.4. The largest absolute Gasteiger partial charge is 0.379 e. The van der Waals surface area contributed by atoms with E-state index >= 15 is 0 Å². The molecule has 0 spiro atoms. The monoisotopic (exact) mass is 403 g/mol. The van der Waals surface area contributed by atoms with Crippen molar-refractivity contribution < 1.29 is 9.53 Å². The summed E-state index contributed by atoms with van der Waals surface area (Å²) in [5.41, 5.74) is 0.984. The Balaban J connectivity index is 1.42. The van der Waals surface area contributed by atoms with Gasteiger partial charge in [0.05, 0.1) is 31.3 Å². The first-order valence-corrected chi connectivity index (χ1v) is 9.69. The lowest BCUT2D eigenvalue weighted by Gasteiger charge is -2.26. The predicted molar refractivity (Wildman–Crippen MR) is 112 cm³/mol. The van der Waals surface area contributed by atoms with Crippen molar-refractivity contribution in [2.24, 2.45) is 0 Å². The van der Waals surface area contributed by atoms with Gasteiger partial charge in [0.15, 0.2) is 5.69 Å². The zero-order valence-electron chi connectivity index (χ0n) is 16.3. The van der Waals surface area contributed by atoms with Crippen LogP contribution in [-0.2, 0) is 9.53 Å². The van der Waals surface area contributed by atoms with Crippen LogP contribution in [0.5, 0.6) is 0 Å². The third-order valence-corrected chi connectivity index (χ3v) is 4.82. The van der Waals surface area contributed by atoms with Crippen molar-refractivity contribution in [3.05, 3.63) is 48.5 Å². The number of rotatable bonds is 6. The van der Waals surface area contributed by atoms with Gasteiger partial charge in [-0.1, -0.05) is 12.1 Å². The molecule has 0 atom stereocenters. The zero-order chi connectivity index (χ0) is 20.8. The number of hydrogen-bond acceptors (Lipinski definition) is 8. The van der Waals surface area contributed by atoms with Gasteiger partial charge in [-0.05, 0) is 17.5 Å². The lowest BCUT2D eigenvalue weighted by atomic mass is 10.1. The number of nitrogens with one attached hydrogen (secondary N) is 2. The minimum Gasteiger partial charge on any atom is -0.379 e. The number of ether oxygens (including phenoxy) is 1. The molecule has 0 aliphatic carbocycles. The van der Waals surface area contributed by atoms with Crippen LogP contribution < -0.4 is 10.6 Å². The molecule has 0 radical (unpaired) electrons. The van der Waals surface area contributed by atoms with E-state index in [4.69, 9.17) is 10.00 Å². The Labute approximate surface area is 173 Å². The van der Waals surface area contributed by atoms with Gasteiger partial charge in [-0.3, -0.25) is 9.69 Å². The van der Waals surface area contributed by atoms with Gasteiger partial charge in [-0.2, -0.15) is 5.26 Å². The summed E-state index contributed by atoms with van der Waals surface area (Å²) in [4.78, 5) is 27.2. The van der Waals surface area contributed by atoms with E-state index in [0.717, 1.165) is 49.3 Å². The van der Waals surface area contributed by atoms with E-state index in [1.807, 2.05) is 30.3 Å². The topological polar surface area (TPSA) is 116 Å². The molecule has 0 bridgehead atoms. The summed E-state index contributed by atoms with van der Waals surface area (Å²) in [5, 5.41) is 16.7. The number of amides is 1. The summed E-state index contributed by atoms with van der Waals surface area (Å²) < 4.78 is 5.33. The van der Waals surface area contributed by atoms with Gasteiger partial charge < -0.3 is 15.4 Å². The summed E-state index contributed by atoms with van der Waals surface area (Å²) in [6, 6.07) is 9.52. The van der Waals surface area contributed by atoms with E-state index in [2.05, 4.69) is 30.5 Å². The number of nitrogens with zero attached hydrogens (tertiary/aromatic N) is 5. The number of carbonyl (C=O) groups is 1. The maximum absolute atomic E-state index is 12.4. The second kappa shape index (κ2) is 9.26. The second-order valence-electron chi connectivity index (χ2n) is 6.87. The molecule has 3 heterocycles. The molecule has 9 heteroatoms. The molecule has 2 N–H and O–H groups in total. The molecule has 1 saturated heterocycles. The molecule has 152 valence electrons. The Kier molecular flexibility index (Phi) is 6.08. The first-order valence-electron chi connectivity index (χ1n) is 9.69. The van der Waals surface area contributed by atoms with Crippen molar-refractivity contribution >= 4 is 34.0 Å². The smallest absolute Gasteiger partial charge is 0.225 e. The second-order valence-corrected chi connectivity index (χ2v) is 6.87. The van der Waals surface area contributed by atoms with Crippen LogP contribution >= 0.6 is 0 Å². The van der Waals surface area contributed by atoms with Gasteiger partial charge in [0.25, 0.3) is 0 Å². The Morgan fingerprint density at radius 1 is 1.13 bits per heavy atom. The van der Waals surface area contributed by atoms with Gasteiger partial charge in [0.2, 0.25) is 5.91 Å². The number of benzene rings is 1. The van der Waals surface area contributed by atoms with E-state index in [0.29, 0.717) is 18.1 Å². The highest BCUT2D eigenvalue weighted by Crippen LogP contribution is 2.25. The minimum atomic E-state index is -0.0240. The standard InChI is InChI=1S/C21H21N7O2/c22-11-16-12-24-20(14-23-16)27-19-10-15-2-1-3-18(17(15)13-25-19)26-21(29)4-5-28-6-8-30-9-7-28/h1-3,10,12-14H,4-9H2,(H,26,29)(H,24,25,27). The molecule has 1 aliphatic rings. The van der Waals surface area contributed by atoms with Crippen molar-refractivity contribution in [2.45, 2.75) is 6.42 Å². The van der Waals surface area contributed by atoms with E-state index in [1.165, 1.54) is 12.4 Å². The first kappa shape index (κ1) is 19.7. The van der Waals surface area contributed by atoms with Crippen molar-refractivity contribution in [1.82, 2.24) is 19.9 Å². The molecule has 1 aromatic carbocycles. The van der Waals surface area contributed by atoms with Crippen LogP contribution in [0.25, 0.3) is 10.8 Å². The summed E-state index contributed by atoms with van der Waals surface area (Å²) in [5.74, 6) is 1.06. The maximum Gasteiger partial charge on any atom is 0.225 e. The molecule has 0 saturated carbocycles. The van der Waals surface area contributed by atoms with Crippen LogP contribution in [0.15, 0.2) is 42.9 Å². The molecule has 9 nitrogen and oxygen atoms in total. The van der Waals surface area contributed by atoms with Crippen LogP contribution in [0.1, 0.15) is 12.1 Å². The minimum absolute atomic E-state index is 0.0240. The van der Waals surface area contributed by atoms with Gasteiger partial charge in [0.1, 0.15) is 17.7 Å². The molecule has 30 heavy (non-hydrogen) atoms. The Morgan fingerprint density at radius 3 is 2.73 bits per heavy atom. The zero-order valence-corrected chi connectivity index (χ0v) is 16.3. The van der Waals surface area contributed by atoms with Crippen molar-refractivity contribution in [2.75, 3.05) is 43.5 Å². The van der Waals surface area contributed by atoms with Gasteiger partial charge >= 0.3 is 0 Å². The molecule has 1 aliphatic heterocycles. The molecule has 1 fully saturated rings. The van der Waals surface area contributed by atoms with Gasteiger partial charge in [-0.15, -0.1) is 0 Å². The summed E-state index contributed by atoms with van der Waals surface area (Å²) in [6.45, 7) is 3.90. The van der Waals surface area contributed by atoms with Crippen LogP contribution in [0, 0.1) is 11.3 Å². The van der Waals surface area contributed by atoms with E-state index in [9.17, 15) is 4.79 Å². The lowest BCUT2D eigenvalue weighted by molar-refractivity contribution is -0.116. The molecule has 2 aromatic heterocycles. The summed E-state index contributed by atoms with van der Waals surface area (Å²) in [7, 11) is 0. The number of nitriles is 1. The Hall–Kier alpha value is -3.61. The molecule has 1 amide bonds. The van der Waals surface area contributed by atoms with Gasteiger partial charge in [-0.25, -0.2) is 15.0 Å². The summed E-state index contributed by atoms with van der Waals surface area (Å²) >= 11 is 0. The number of fused-ring (bicyclic) bond motifs is 1. The van der Waals surface area contributed by atoms with E-state index < -0.39 is 0 Å². The van der Waals surface area contributed by atoms with Crippen LogP contribution in [0.3, 0.4) is 0 Å². The van der Waals surface area contributed by atoms with Crippen molar-refractivity contribution in [3.8, 4) is 6.07 Å². The number of anilines is 3. The summed E-state index contributed by atoms with van der Waals surface area (Å²) in [6.07, 6.45) is 5.02.